The fraction of sp³-hybridized carbons (Fsp3) is 1.00. The van der Waals surface area contributed by atoms with Crippen LogP contribution in [0.4, 0.5) is 0 Å². The van der Waals surface area contributed by atoms with Gasteiger partial charge in [0.05, 0.1) is 0 Å². The Bertz CT molecular complexity index is 162. The van der Waals surface area contributed by atoms with Crippen molar-refractivity contribution in [2.75, 3.05) is 0 Å². The van der Waals surface area contributed by atoms with Crippen molar-refractivity contribution < 1.29 is 0 Å². The van der Waals surface area contributed by atoms with E-state index in [1.165, 1.54) is 12.3 Å². The topological polar surface area (TPSA) is 26.0 Å². The van der Waals surface area contributed by atoms with Gasteiger partial charge in [0.2, 0.25) is 0 Å². The molecule has 0 aromatic rings. The van der Waals surface area contributed by atoms with E-state index < -0.39 is 0 Å². The van der Waals surface area contributed by atoms with Crippen molar-refractivity contribution in [1.82, 2.24) is 0 Å². The van der Waals surface area contributed by atoms with Gasteiger partial charge in [-0.1, -0.05) is 0 Å². The second-order valence-electron chi connectivity index (χ2n) is 3.83. The minimum atomic E-state index is 0.499. The number of hydrogen-bond acceptors (Lipinski definition) is 1. The van der Waals surface area contributed by atoms with Gasteiger partial charge in [-0.25, -0.2) is 0 Å². The molecule has 44 valence electrons. The molecule has 1 nitrogen and oxygen atoms in total. The van der Waals surface area contributed by atoms with Crippen LogP contribution in [0.5, 0.6) is 0 Å². The lowest BCUT2D eigenvalue weighted by Gasteiger charge is -2.04. The maximum absolute atomic E-state index is 5.73. The van der Waals surface area contributed by atoms with Crippen LogP contribution in [-0.2, 0) is 0 Å². The third kappa shape index (κ3) is 0.175. The Balaban J connectivity index is 1.83. The molecule has 0 aromatic carbocycles. The first-order valence-corrected chi connectivity index (χ1v) is 3.54. The quantitative estimate of drug-likeness (QED) is 0.524. The zero-order valence-electron chi connectivity index (χ0n) is 5.09. The predicted octanol–water partition coefficient (Wildman–Crippen LogP) is 0.600. The molecule has 3 rings (SSSR count). The lowest BCUT2D eigenvalue weighted by Crippen LogP contribution is -2.21. The van der Waals surface area contributed by atoms with Crippen LogP contribution < -0.4 is 5.73 Å². The van der Waals surface area contributed by atoms with Gasteiger partial charge in [-0.15, -0.1) is 0 Å². The molecule has 3 aliphatic rings. The molecule has 0 amide bonds. The standard InChI is InChI=1S/C7H11N/c1-3(8)5-6-4-2-7(4,5)6/h3-6H,2,8H2,1H3. The molecule has 0 heterocycles. The summed E-state index contributed by atoms with van der Waals surface area (Å²) in [5, 5.41) is 0. The molecule has 3 saturated carbocycles. The van der Waals surface area contributed by atoms with Gasteiger partial charge in [0.25, 0.3) is 0 Å². The van der Waals surface area contributed by atoms with E-state index in [9.17, 15) is 0 Å². The fourth-order valence-corrected chi connectivity index (χ4v) is 2.85. The van der Waals surface area contributed by atoms with Gasteiger partial charge in [-0.2, -0.15) is 0 Å². The van der Waals surface area contributed by atoms with Crippen LogP contribution in [-0.4, -0.2) is 6.04 Å². The van der Waals surface area contributed by atoms with Crippen molar-refractivity contribution in [3.8, 4) is 0 Å². The number of hydrogen-bond donors (Lipinski definition) is 1. The lowest BCUT2D eigenvalue weighted by atomic mass is 10.1. The van der Waals surface area contributed by atoms with Gasteiger partial charge in [-0.3, -0.25) is 0 Å². The molecule has 1 heteroatoms. The summed E-state index contributed by atoms with van der Waals surface area (Å²) < 4.78 is 0. The molecule has 5 unspecified atom stereocenters. The highest BCUT2D eigenvalue weighted by atomic mass is 15.0. The molecule has 0 aromatic heterocycles. The Morgan fingerprint density at radius 1 is 1.75 bits per heavy atom. The van der Waals surface area contributed by atoms with Gasteiger partial charge in [0.1, 0.15) is 0 Å². The normalized spacial score (nSPS) is 75.0. The summed E-state index contributed by atoms with van der Waals surface area (Å²) in [6.07, 6.45) is 1.53. The van der Waals surface area contributed by atoms with E-state index in [0.717, 1.165) is 17.3 Å². The molecule has 0 radical (unpaired) electrons. The predicted molar refractivity (Wildman–Crippen MR) is 31.2 cm³/mol. The molecule has 3 aliphatic carbocycles. The second kappa shape index (κ2) is 0.688. The second-order valence-corrected chi connectivity index (χ2v) is 3.83. The van der Waals surface area contributed by atoms with Crippen LogP contribution in [0.1, 0.15) is 13.3 Å². The van der Waals surface area contributed by atoms with Gasteiger partial charge in [0, 0.05) is 6.04 Å². The van der Waals surface area contributed by atoms with Crippen LogP contribution >= 0.6 is 0 Å². The highest BCUT2D eigenvalue weighted by Gasteiger charge is 2.97. The fourth-order valence-electron chi connectivity index (χ4n) is 2.85. The summed E-state index contributed by atoms with van der Waals surface area (Å²) in [7, 11) is 0. The Labute approximate surface area is 49.3 Å². The molecule has 1 spiro atoms. The first-order valence-electron chi connectivity index (χ1n) is 3.54. The van der Waals surface area contributed by atoms with E-state index in [4.69, 9.17) is 5.73 Å². The average molecular weight is 109 g/mol. The molecule has 3 fully saturated rings. The van der Waals surface area contributed by atoms with Gasteiger partial charge in [-0.05, 0) is 36.5 Å². The Hall–Kier alpha value is -0.0400. The summed E-state index contributed by atoms with van der Waals surface area (Å²) in [6, 6.07) is 0.499. The Kier molecular flexibility index (Phi) is 0.334. The highest BCUT2D eigenvalue weighted by Crippen LogP contribution is 3.01. The van der Waals surface area contributed by atoms with Crippen molar-refractivity contribution in [3.05, 3.63) is 0 Å². The van der Waals surface area contributed by atoms with Crippen LogP contribution in [0.25, 0.3) is 0 Å². The largest absolute Gasteiger partial charge is 0.328 e. The minimum Gasteiger partial charge on any atom is -0.328 e. The maximum Gasteiger partial charge on any atom is 0.00472 e. The van der Waals surface area contributed by atoms with Crippen LogP contribution in [0.3, 0.4) is 0 Å². The van der Waals surface area contributed by atoms with Crippen molar-refractivity contribution in [2.24, 2.45) is 28.9 Å². The molecule has 8 heavy (non-hydrogen) atoms. The van der Waals surface area contributed by atoms with E-state index in [-0.39, 0.29) is 0 Å². The first kappa shape index (κ1) is 3.89. The van der Waals surface area contributed by atoms with E-state index >= 15 is 0 Å². The van der Waals surface area contributed by atoms with E-state index in [1.807, 2.05) is 0 Å². The van der Waals surface area contributed by atoms with Crippen LogP contribution in [0.15, 0.2) is 0 Å². The molecular weight excluding hydrogens is 98.1 g/mol. The number of nitrogens with two attached hydrogens (primary N) is 1. The molecule has 5 atom stereocenters. The number of fused-ring (bicyclic) bond motifs is 1. The first-order chi connectivity index (χ1) is 3.78. The third-order valence-corrected chi connectivity index (χ3v) is 3.51. The van der Waals surface area contributed by atoms with Crippen molar-refractivity contribution in [3.63, 3.8) is 0 Å². The van der Waals surface area contributed by atoms with Crippen molar-refractivity contribution in [2.45, 2.75) is 19.4 Å². The SMILES string of the molecule is CC(N)C1C2C3CC312. The Morgan fingerprint density at radius 2 is 2.38 bits per heavy atom. The zero-order valence-corrected chi connectivity index (χ0v) is 5.09. The Morgan fingerprint density at radius 3 is 2.50 bits per heavy atom. The lowest BCUT2D eigenvalue weighted by molar-refractivity contribution is 0.508. The van der Waals surface area contributed by atoms with E-state index in [1.54, 1.807) is 0 Å². The smallest absolute Gasteiger partial charge is 0.00472 e. The summed E-state index contributed by atoms with van der Waals surface area (Å²) >= 11 is 0. The summed E-state index contributed by atoms with van der Waals surface area (Å²) in [4.78, 5) is 0. The summed E-state index contributed by atoms with van der Waals surface area (Å²) in [6.45, 7) is 2.15. The maximum atomic E-state index is 5.73. The van der Waals surface area contributed by atoms with Crippen LogP contribution in [0, 0.1) is 23.2 Å². The van der Waals surface area contributed by atoms with Gasteiger partial charge in [0.15, 0.2) is 0 Å². The van der Waals surface area contributed by atoms with Gasteiger partial charge < -0.3 is 5.73 Å². The monoisotopic (exact) mass is 109 g/mol. The minimum absolute atomic E-state index is 0.499. The third-order valence-electron chi connectivity index (χ3n) is 3.51. The average Bonchev–Trinajstić information content (AvgIpc) is 2.40. The molecule has 0 saturated heterocycles. The molecular formula is C7H11N. The highest BCUT2D eigenvalue weighted by molar-refractivity contribution is 5.45. The van der Waals surface area contributed by atoms with Crippen molar-refractivity contribution >= 4 is 0 Å². The molecule has 2 N–H and O–H groups in total. The van der Waals surface area contributed by atoms with E-state index in [2.05, 4.69) is 6.92 Å². The van der Waals surface area contributed by atoms with E-state index in [0.29, 0.717) is 6.04 Å². The molecule has 0 aliphatic heterocycles. The number of rotatable bonds is 1. The van der Waals surface area contributed by atoms with Gasteiger partial charge >= 0.3 is 0 Å². The van der Waals surface area contributed by atoms with Crippen molar-refractivity contribution in [1.29, 1.82) is 0 Å². The molecule has 0 bridgehead atoms. The zero-order chi connectivity index (χ0) is 5.52. The summed E-state index contributed by atoms with van der Waals surface area (Å²) in [5.41, 5.74) is 6.63. The summed E-state index contributed by atoms with van der Waals surface area (Å²) in [5.74, 6) is 3.27. The van der Waals surface area contributed by atoms with Crippen LogP contribution in [0.2, 0.25) is 0 Å².